The van der Waals surface area contributed by atoms with E-state index >= 15 is 0 Å². The van der Waals surface area contributed by atoms with Crippen LogP contribution in [-0.4, -0.2) is 28.5 Å². The molecule has 0 bridgehead atoms. The van der Waals surface area contributed by atoms with Gasteiger partial charge in [-0.25, -0.2) is 0 Å². The molecule has 2 aromatic carbocycles. The highest BCUT2D eigenvalue weighted by Gasteiger charge is 2.36. The van der Waals surface area contributed by atoms with Crippen molar-refractivity contribution < 1.29 is 14.4 Å². The number of hydrogen-bond donors (Lipinski definition) is 1. The van der Waals surface area contributed by atoms with Gasteiger partial charge in [0.2, 0.25) is 5.91 Å². The molecule has 0 aromatic heterocycles. The number of carbonyl (C=O) groups excluding carboxylic acids is 3. The van der Waals surface area contributed by atoms with Gasteiger partial charge in [0.25, 0.3) is 11.1 Å². The van der Waals surface area contributed by atoms with Gasteiger partial charge in [0.1, 0.15) is 6.54 Å². The molecule has 0 spiro atoms. The first-order valence-electron chi connectivity index (χ1n) is 8.33. The van der Waals surface area contributed by atoms with Crippen molar-refractivity contribution in [2.24, 2.45) is 0 Å². The fraction of sp³-hybridized carbons (Fsp3) is 0.150. The summed E-state index contributed by atoms with van der Waals surface area (Å²) in [6.07, 6.45) is 1.50. The Kier molecular flexibility index (Phi) is 6.13. The van der Waals surface area contributed by atoms with Crippen LogP contribution in [0.15, 0.2) is 41.3 Å². The minimum absolute atomic E-state index is 0.189. The summed E-state index contributed by atoms with van der Waals surface area (Å²) in [4.78, 5) is 38.4. The third-order valence-electron chi connectivity index (χ3n) is 4.19. The van der Waals surface area contributed by atoms with Crippen LogP contribution >= 0.6 is 35.0 Å². The van der Waals surface area contributed by atoms with E-state index in [1.807, 2.05) is 32.0 Å². The maximum absolute atomic E-state index is 12.6. The van der Waals surface area contributed by atoms with E-state index in [2.05, 4.69) is 5.32 Å². The molecular formula is C20H16Cl2N2O3S. The molecule has 3 amide bonds. The lowest BCUT2D eigenvalue weighted by atomic mass is 10.1. The lowest BCUT2D eigenvalue weighted by Gasteiger charge is -2.15. The highest BCUT2D eigenvalue weighted by atomic mass is 35.5. The second-order valence-corrected chi connectivity index (χ2v) is 8.00. The minimum Gasteiger partial charge on any atom is -0.324 e. The van der Waals surface area contributed by atoms with E-state index in [-0.39, 0.29) is 11.4 Å². The van der Waals surface area contributed by atoms with Crippen LogP contribution in [0, 0.1) is 13.8 Å². The SMILES string of the molecule is Cc1cccc(C)c1NC(=O)CN1C(=O)S/C(=C/c2cccc(Cl)c2Cl)C1=O. The number of amides is 3. The van der Waals surface area contributed by atoms with Gasteiger partial charge in [-0.2, -0.15) is 0 Å². The third kappa shape index (κ3) is 4.24. The summed E-state index contributed by atoms with van der Waals surface area (Å²) in [5.74, 6) is -0.982. The lowest BCUT2D eigenvalue weighted by Crippen LogP contribution is -2.36. The van der Waals surface area contributed by atoms with Crippen LogP contribution in [0.25, 0.3) is 6.08 Å². The molecule has 8 heteroatoms. The maximum atomic E-state index is 12.6. The van der Waals surface area contributed by atoms with Crippen LogP contribution in [-0.2, 0) is 9.59 Å². The van der Waals surface area contributed by atoms with Crippen LogP contribution < -0.4 is 5.32 Å². The Morgan fingerprint density at radius 3 is 2.43 bits per heavy atom. The third-order valence-corrected chi connectivity index (χ3v) is 5.93. The van der Waals surface area contributed by atoms with Crippen LogP contribution in [0.5, 0.6) is 0 Å². The van der Waals surface area contributed by atoms with Crippen molar-refractivity contribution in [3.8, 4) is 0 Å². The number of para-hydroxylation sites is 1. The molecule has 0 saturated carbocycles. The second-order valence-electron chi connectivity index (χ2n) is 6.23. The van der Waals surface area contributed by atoms with Crippen molar-refractivity contribution in [1.29, 1.82) is 0 Å². The highest BCUT2D eigenvalue weighted by molar-refractivity contribution is 8.18. The molecular weight excluding hydrogens is 419 g/mol. The average molecular weight is 435 g/mol. The first-order valence-corrected chi connectivity index (χ1v) is 9.90. The van der Waals surface area contributed by atoms with Gasteiger partial charge >= 0.3 is 0 Å². The van der Waals surface area contributed by atoms with Crippen molar-refractivity contribution in [3.63, 3.8) is 0 Å². The molecule has 0 aliphatic carbocycles. The largest absolute Gasteiger partial charge is 0.324 e. The summed E-state index contributed by atoms with van der Waals surface area (Å²) in [5.41, 5.74) is 3.01. The zero-order valence-electron chi connectivity index (χ0n) is 15.1. The molecule has 1 aliphatic rings. The van der Waals surface area contributed by atoms with Gasteiger partial charge in [-0.05, 0) is 54.4 Å². The number of carbonyl (C=O) groups is 3. The Balaban J connectivity index is 1.76. The second kappa shape index (κ2) is 8.39. The van der Waals surface area contributed by atoms with E-state index < -0.39 is 17.1 Å². The topological polar surface area (TPSA) is 66.5 Å². The molecule has 1 N–H and O–H groups in total. The Bertz CT molecular complexity index is 1000. The van der Waals surface area contributed by atoms with Crippen molar-refractivity contribution in [2.45, 2.75) is 13.8 Å². The Labute approximate surface area is 176 Å². The molecule has 1 fully saturated rings. The highest BCUT2D eigenvalue weighted by Crippen LogP contribution is 2.35. The number of halogens is 2. The number of hydrogen-bond acceptors (Lipinski definition) is 4. The van der Waals surface area contributed by atoms with E-state index in [1.54, 1.807) is 18.2 Å². The van der Waals surface area contributed by atoms with Crippen molar-refractivity contribution in [3.05, 3.63) is 68.0 Å². The van der Waals surface area contributed by atoms with Crippen molar-refractivity contribution in [2.75, 3.05) is 11.9 Å². The number of aryl methyl sites for hydroxylation is 2. The summed E-state index contributed by atoms with van der Waals surface area (Å²) in [6.45, 7) is 3.39. The standard InChI is InChI=1S/C20H16Cl2N2O3S/c1-11-5-3-6-12(2)18(11)23-16(25)10-24-19(26)15(28-20(24)27)9-13-7-4-8-14(21)17(13)22/h3-9H,10H2,1-2H3,(H,23,25)/b15-9+. The fourth-order valence-electron chi connectivity index (χ4n) is 2.74. The van der Waals surface area contributed by atoms with Gasteiger partial charge in [0.05, 0.1) is 15.0 Å². The summed E-state index contributed by atoms with van der Waals surface area (Å²) in [5, 5.41) is 2.91. The Morgan fingerprint density at radius 1 is 1.11 bits per heavy atom. The average Bonchev–Trinajstić information content (AvgIpc) is 2.90. The van der Waals surface area contributed by atoms with E-state index in [9.17, 15) is 14.4 Å². The smallest absolute Gasteiger partial charge is 0.294 e. The molecule has 28 heavy (non-hydrogen) atoms. The van der Waals surface area contributed by atoms with Crippen LogP contribution in [0.2, 0.25) is 10.0 Å². The zero-order valence-corrected chi connectivity index (χ0v) is 17.4. The molecule has 1 saturated heterocycles. The number of nitrogens with one attached hydrogen (secondary N) is 1. The van der Waals surface area contributed by atoms with Crippen LogP contribution in [0.3, 0.4) is 0 Å². The molecule has 144 valence electrons. The monoisotopic (exact) mass is 434 g/mol. The first-order chi connectivity index (χ1) is 13.3. The fourth-order valence-corrected chi connectivity index (χ4v) is 3.94. The molecule has 0 unspecified atom stereocenters. The van der Waals surface area contributed by atoms with Gasteiger partial charge in [-0.3, -0.25) is 19.3 Å². The molecule has 0 radical (unpaired) electrons. The molecule has 1 aliphatic heterocycles. The van der Waals surface area contributed by atoms with E-state index in [1.165, 1.54) is 6.08 Å². The maximum Gasteiger partial charge on any atom is 0.294 e. The van der Waals surface area contributed by atoms with E-state index in [0.29, 0.717) is 21.3 Å². The van der Waals surface area contributed by atoms with Crippen LogP contribution in [0.4, 0.5) is 10.5 Å². The van der Waals surface area contributed by atoms with Gasteiger partial charge in [0.15, 0.2) is 0 Å². The molecule has 5 nitrogen and oxygen atoms in total. The predicted octanol–water partition coefficient (Wildman–Crippen LogP) is 5.29. The number of imide groups is 1. The molecule has 0 atom stereocenters. The lowest BCUT2D eigenvalue weighted by molar-refractivity contribution is -0.127. The van der Waals surface area contributed by atoms with E-state index in [0.717, 1.165) is 27.8 Å². The van der Waals surface area contributed by atoms with Crippen LogP contribution in [0.1, 0.15) is 16.7 Å². The van der Waals surface area contributed by atoms with Crippen molar-refractivity contribution in [1.82, 2.24) is 4.90 Å². The Morgan fingerprint density at radius 2 is 1.75 bits per heavy atom. The quantitative estimate of drug-likeness (QED) is 0.664. The van der Waals surface area contributed by atoms with Gasteiger partial charge < -0.3 is 5.32 Å². The summed E-state index contributed by atoms with van der Waals surface area (Å²) < 4.78 is 0. The minimum atomic E-state index is -0.539. The molecule has 2 aromatic rings. The summed E-state index contributed by atoms with van der Waals surface area (Å²) in [7, 11) is 0. The Hall–Kier alpha value is -2.28. The number of anilines is 1. The van der Waals surface area contributed by atoms with Crippen molar-refractivity contribution >= 4 is 63.8 Å². The number of rotatable bonds is 4. The van der Waals surface area contributed by atoms with Gasteiger partial charge in [-0.1, -0.05) is 53.5 Å². The summed E-state index contributed by atoms with van der Waals surface area (Å²) in [6, 6.07) is 10.7. The zero-order chi connectivity index (χ0) is 20.4. The number of nitrogens with zero attached hydrogens (tertiary/aromatic N) is 1. The number of benzene rings is 2. The first kappa shape index (κ1) is 20.5. The van der Waals surface area contributed by atoms with E-state index in [4.69, 9.17) is 23.2 Å². The normalized spacial score (nSPS) is 15.4. The number of thioether (sulfide) groups is 1. The van der Waals surface area contributed by atoms with Gasteiger partial charge in [-0.15, -0.1) is 0 Å². The summed E-state index contributed by atoms with van der Waals surface area (Å²) >= 11 is 12.9. The predicted molar refractivity (Wildman–Crippen MR) is 114 cm³/mol. The molecule has 3 rings (SSSR count). The van der Waals surface area contributed by atoms with Gasteiger partial charge in [0, 0.05) is 5.69 Å². The molecule has 1 heterocycles.